The zero-order valence-electron chi connectivity index (χ0n) is 12.9. The fourth-order valence-corrected chi connectivity index (χ4v) is 2.81. The fourth-order valence-electron chi connectivity index (χ4n) is 2.81. The maximum Gasteiger partial charge on any atom is 0.123 e. The van der Waals surface area contributed by atoms with Gasteiger partial charge in [-0.3, -0.25) is 4.90 Å². The van der Waals surface area contributed by atoms with Crippen molar-refractivity contribution in [3.8, 4) is 17.6 Å². The molecular formula is C17H23NO3. The van der Waals surface area contributed by atoms with E-state index >= 15 is 0 Å². The third-order valence-corrected chi connectivity index (χ3v) is 3.91. The van der Waals surface area contributed by atoms with Gasteiger partial charge in [0.15, 0.2) is 0 Å². The number of likely N-dealkylation sites (N-methyl/N-ethyl adjacent to an activating group) is 1. The Morgan fingerprint density at radius 1 is 1.48 bits per heavy atom. The summed E-state index contributed by atoms with van der Waals surface area (Å²) >= 11 is 0. The normalized spacial score (nSPS) is 21.2. The third kappa shape index (κ3) is 3.98. The van der Waals surface area contributed by atoms with Crippen molar-refractivity contribution < 1.29 is 14.6 Å². The van der Waals surface area contributed by atoms with Crippen LogP contribution in [0.4, 0.5) is 0 Å². The average Bonchev–Trinajstić information content (AvgIpc) is 2.91. The predicted molar refractivity (Wildman–Crippen MR) is 82.2 cm³/mol. The van der Waals surface area contributed by atoms with Crippen LogP contribution in [0.1, 0.15) is 24.5 Å². The first-order valence-electron chi connectivity index (χ1n) is 7.24. The second kappa shape index (κ2) is 7.46. The van der Waals surface area contributed by atoms with Gasteiger partial charge in [-0.05, 0) is 38.6 Å². The van der Waals surface area contributed by atoms with E-state index in [1.54, 1.807) is 7.11 Å². The number of benzene rings is 1. The standard InChI is InChI=1S/C17H23NO3/c1-13-16(8-10-21-13)18(2)12-15-11-14(5-4-9-19)6-7-17(15)20-3/h6-7,11,13,16,19H,8-10,12H2,1-3H3. The number of rotatable bonds is 4. The zero-order valence-corrected chi connectivity index (χ0v) is 12.9. The third-order valence-electron chi connectivity index (χ3n) is 3.91. The van der Waals surface area contributed by atoms with Crippen molar-refractivity contribution in [3.63, 3.8) is 0 Å². The van der Waals surface area contributed by atoms with Crippen LogP contribution < -0.4 is 4.74 Å². The quantitative estimate of drug-likeness (QED) is 0.856. The molecule has 0 aliphatic carbocycles. The van der Waals surface area contributed by atoms with Crippen molar-refractivity contribution in [3.05, 3.63) is 29.3 Å². The number of ether oxygens (including phenoxy) is 2. The molecule has 1 N–H and O–H groups in total. The number of hydrogen-bond acceptors (Lipinski definition) is 4. The monoisotopic (exact) mass is 289 g/mol. The molecule has 2 atom stereocenters. The molecule has 1 heterocycles. The van der Waals surface area contributed by atoms with Gasteiger partial charge in [-0.25, -0.2) is 0 Å². The summed E-state index contributed by atoms with van der Waals surface area (Å²) in [6, 6.07) is 6.30. The van der Waals surface area contributed by atoms with Gasteiger partial charge in [0, 0.05) is 30.3 Å². The van der Waals surface area contributed by atoms with Gasteiger partial charge in [0.2, 0.25) is 0 Å². The molecule has 1 aromatic rings. The molecule has 4 nitrogen and oxygen atoms in total. The van der Waals surface area contributed by atoms with E-state index < -0.39 is 0 Å². The molecule has 1 saturated heterocycles. The van der Waals surface area contributed by atoms with Crippen molar-refractivity contribution in [1.29, 1.82) is 0 Å². The second-order valence-electron chi connectivity index (χ2n) is 5.33. The van der Waals surface area contributed by atoms with Crippen LogP contribution in [0.5, 0.6) is 5.75 Å². The smallest absolute Gasteiger partial charge is 0.123 e. The SMILES string of the molecule is COc1ccc(C#CCO)cc1CN(C)C1CCOC1C. The lowest BCUT2D eigenvalue weighted by Crippen LogP contribution is -2.36. The lowest BCUT2D eigenvalue weighted by atomic mass is 10.1. The van der Waals surface area contributed by atoms with Gasteiger partial charge in [-0.15, -0.1) is 0 Å². The highest BCUT2D eigenvalue weighted by Gasteiger charge is 2.28. The lowest BCUT2D eigenvalue weighted by Gasteiger charge is -2.27. The Hall–Kier alpha value is -1.54. The summed E-state index contributed by atoms with van der Waals surface area (Å²) in [4.78, 5) is 2.30. The van der Waals surface area contributed by atoms with Crippen LogP contribution in [0, 0.1) is 11.8 Å². The summed E-state index contributed by atoms with van der Waals surface area (Å²) in [6.45, 7) is 3.61. The summed E-state index contributed by atoms with van der Waals surface area (Å²) < 4.78 is 11.1. The Labute approximate surface area is 126 Å². The van der Waals surface area contributed by atoms with Crippen LogP contribution in [0.2, 0.25) is 0 Å². The van der Waals surface area contributed by atoms with E-state index in [9.17, 15) is 0 Å². The number of aliphatic hydroxyl groups excluding tert-OH is 1. The van der Waals surface area contributed by atoms with Crippen molar-refractivity contribution in [1.82, 2.24) is 4.90 Å². The first kappa shape index (κ1) is 15.8. The molecule has 0 spiro atoms. The Bertz CT molecular complexity index is 533. The van der Waals surface area contributed by atoms with Crippen LogP contribution in [0.25, 0.3) is 0 Å². The van der Waals surface area contributed by atoms with E-state index in [1.807, 2.05) is 18.2 Å². The van der Waals surface area contributed by atoms with Gasteiger partial charge < -0.3 is 14.6 Å². The molecule has 0 saturated carbocycles. The lowest BCUT2D eigenvalue weighted by molar-refractivity contribution is 0.0811. The van der Waals surface area contributed by atoms with Crippen LogP contribution >= 0.6 is 0 Å². The number of nitrogens with zero attached hydrogens (tertiary/aromatic N) is 1. The van der Waals surface area contributed by atoms with Crippen molar-refractivity contribution >= 4 is 0 Å². The van der Waals surface area contributed by atoms with Crippen molar-refractivity contribution in [2.45, 2.75) is 32.0 Å². The van der Waals surface area contributed by atoms with Gasteiger partial charge >= 0.3 is 0 Å². The van der Waals surface area contributed by atoms with E-state index in [0.717, 1.165) is 36.4 Å². The maximum atomic E-state index is 8.80. The van der Waals surface area contributed by atoms with Crippen molar-refractivity contribution in [2.75, 3.05) is 27.4 Å². The van der Waals surface area contributed by atoms with Crippen LogP contribution in [0.3, 0.4) is 0 Å². The molecule has 0 amide bonds. The maximum absolute atomic E-state index is 8.80. The topological polar surface area (TPSA) is 41.9 Å². The fraction of sp³-hybridized carbons (Fsp3) is 0.529. The van der Waals surface area contributed by atoms with E-state index in [2.05, 4.69) is 30.7 Å². The highest BCUT2D eigenvalue weighted by atomic mass is 16.5. The molecule has 1 aliphatic rings. The molecule has 1 fully saturated rings. The minimum absolute atomic E-state index is 0.127. The molecule has 0 aromatic heterocycles. The number of hydrogen-bond donors (Lipinski definition) is 1. The molecule has 1 aromatic carbocycles. The highest BCUT2D eigenvalue weighted by Crippen LogP contribution is 2.25. The second-order valence-corrected chi connectivity index (χ2v) is 5.33. The molecule has 0 radical (unpaired) electrons. The number of aliphatic hydroxyl groups is 1. The first-order chi connectivity index (χ1) is 10.2. The largest absolute Gasteiger partial charge is 0.496 e. The highest BCUT2D eigenvalue weighted by molar-refractivity contribution is 5.44. The molecule has 114 valence electrons. The summed E-state index contributed by atoms with van der Waals surface area (Å²) in [5.41, 5.74) is 1.99. The Morgan fingerprint density at radius 2 is 2.29 bits per heavy atom. The molecule has 2 unspecified atom stereocenters. The summed E-state index contributed by atoms with van der Waals surface area (Å²) in [5.74, 6) is 6.48. The average molecular weight is 289 g/mol. The molecule has 4 heteroatoms. The zero-order chi connectivity index (χ0) is 15.2. The van der Waals surface area contributed by atoms with Crippen LogP contribution in [-0.2, 0) is 11.3 Å². The van der Waals surface area contributed by atoms with E-state index in [-0.39, 0.29) is 12.7 Å². The first-order valence-corrected chi connectivity index (χ1v) is 7.24. The van der Waals surface area contributed by atoms with E-state index in [1.165, 1.54) is 0 Å². The summed E-state index contributed by atoms with van der Waals surface area (Å²) in [7, 11) is 3.79. The molecular weight excluding hydrogens is 266 g/mol. The van der Waals surface area contributed by atoms with Gasteiger partial charge in [-0.1, -0.05) is 11.8 Å². The molecule has 0 bridgehead atoms. The van der Waals surface area contributed by atoms with Crippen LogP contribution in [-0.4, -0.2) is 49.5 Å². The predicted octanol–water partition coefficient (Wildman–Crippen LogP) is 1.65. The van der Waals surface area contributed by atoms with Crippen LogP contribution in [0.15, 0.2) is 18.2 Å². The Balaban J connectivity index is 2.16. The minimum atomic E-state index is -0.127. The van der Waals surface area contributed by atoms with Gasteiger partial charge in [0.1, 0.15) is 12.4 Å². The number of methoxy groups -OCH3 is 1. The van der Waals surface area contributed by atoms with Gasteiger partial charge in [0.25, 0.3) is 0 Å². The molecule has 2 rings (SSSR count). The van der Waals surface area contributed by atoms with E-state index in [4.69, 9.17) is 14.6 Å². The minimum Gasteiger partial charge on any atom is -0.496 e. The summed E-state index contributed by atoms with van der Waals surface area (Å²) in [6.07, 6.45) is 1.32. The summed E-state index contributed by atoms with van der Waals surface area (Å²) in [5, 5.41) is 8.80. The van der Waals surface area contributed by atoms with Crippen molar-refractivity contribution in [2.24, 2.45) is 0 Å². The Morgan fingerprint density at radius 3 is 2.90 bits per heavy atom. The molecule has 21 heavy (non-hydrogen) atoms. The molecule has 1 aliphatic heterocycles. The van der Waals surface area contributed by atoms with Gasteiger partial charge in [0.05, 0.1) is 13.2 Å². The van der Waals surface area contributed by atoms with E-state index in [0.29, 0.717) is 6.04 Å². The Kier molecular flexibility index (Phi) is 5.63. The van der Waals surface area contributed by atoms with Gasteiger partial charge in [-0.2, -0.15) is 0 Å².